The second kappa shape index (κ2) is 3.71. The van der Waals surface area contributed by atoms with Crippen LogP contribution in [0.5, 0.6) is 0 Å². The minimum atomic E-state index is 0.814. The number of fused-ring (bicyclic) bond motifs is 3. The Balaban J connectivity index is 1.86. The highest BCUT2D eigenvalue weighted by Gasteiger charge is 2.32. The highest BCUT2D eigenvalue weighted by atomic mass is 14.4. The summed E-state index contributed by atoms with van der Waals surface area (Å²) in [6.07, 6.45) is 3.93. The molecular weight excluding hydrogens is 216 g/mol. The van der Waals surface area contributed by atoms with Crippen molar-refractivity contribution in [2.75, 3.05) is 0 Å². The Morgan fingerprint density at radius 2 is 1.72 bits per heavy atom. The molecule has 0 radical (unpaired) electrons. The fraction of sp³-hybridized carbons (Fsp3) is 0.333. The molecule has 18 heavy (non-hydrogen) atoms. The zero-order valence-corrected chi connectivity index (χ0v) is 10.8. The van der Waals surface area contributed by atoms with Crippen LogP contribution >= 0.6 is 0 Å². The molecule has 1 fully saturated rings. The van der Waals surface area contributed by atoms with Crippen molar-refractivity contribution in [3.8, 4) is 11.1 Å². The summed E-state index contributed by atoms with van der Waals surface area (Å²) >= 11 is 0. The van der Waals surface area contributed by atoms with Crippen LogP contribution in [-0.2, 0) is 6.42 Å². The average Bonchev–Trinajstić information content (AvgIpc) is 2.77. The fourth-order valence-corrected chi connectivity index (χ4v) is 3.66. The maximum Gasteiger partial charge on any atom is -0.00106 e. The van der Waals surface area contributed by atoms with E-state index in [1.165, 1.54) is 29.5 Å². The first-order chi connectivity index (χ1) is 8.84. The maximum absolute atomic E-state index is 2.40. The van der Waals surface area contributed by atoms with Gasteiger partial charge in [0, 0.05) is 0 Å². The van der Waals surface area contributed by atoms with E-state index < -0.39 is 0 Å². The van der Waals surface area contributed by atoms with E-state index in [1.54, 1.807) is 11.1 Å². The van der Waals surface area contributed by atoms with Gasteiger partial charge in [0.05, 0.1) is 0 Å². The van der Waals surface area contributed by atoms with Gasteiger partial charge in [-0.1, -0.05) is 49.4 Å². The van der Waals surface area contributed by atoms with Gasteiger partial charge in [0.1, 0.15) is 0 Å². The van der Waals surface area contributed by atoms with Crippen molar-refractivity contribution >= 4 is 0 Å². The van der Waals surface area contributed by atoms with Crippen molar-refractivity contribution in [2.45, 2.75) is 32.1 Å². The largest absolute Gasteiger partial charge is 0.0619 e. The van der Waals surface area contributed by atoms with Crippen molar-refractivity contribution in [3.63, 3.8) is 0 Å². The van der Waals surface area contributed by atoms with Crippen LogP contribution in [0.2, 0.25) is 0 Å². The van der Waals surface area contributed by atoms with Gasteiger partial charge in [-0.05, 0) is 58.9 Å². The lowest BCUT2D eigenvalue weighted by Gasteiger charge is -2.35. The van der Waals surface area contributed by atoms with Gasteiger partial charge in [0.15, 0.2) is 0 Å². The van der Waals surface area contributed by atoms with Crippen LogP contribution in [0.15, 0.2) is 42.5 Å². The minimum Gasteiger partial charge on any atom is -0.0619 e. The second-order valence-corrected chi connectivity index (χ2v) is 5.87. The summed E-state index contributed by atoms with van der Waals surface area (Å²) in [6, 6.07) is 15.8. The van der Waals surface area contributed by atoms with Crippen molar-refractivity contribution in [1.82, 2.24) is 0 Å². The van der Waals surface area contributed by atoms with Crippen molar-refractivity contribution < 1.29 is 0 Å². The average molecular weight is 234 g/mol. The lowest BCUT2D eigenvalue weighted by Crippen LogP contribution is -2.21. The Labute approximate surface area is 109 Å². The molecule has 2 aliphatic carbocycles. The van der Waals surface area contributed by atoms with Crippen LogP contribution in [0.3, 0.4) is 0 Å². The van der Waals surface area contributed by atoms with E-state index >= 15 is 0 Å². The molecule has 2 aromatic rings. The van der Waals surface area contributed by atoms with Crippen LogP contribution in [0.4, 0.5) is 0 Å². The van der Waals surface area contributed by atoms with Gasteiger partial charge in [0.25, 0.3) is 0 Å². The van der Waals surface area contributed by atoms with Gasteiger partial charge in [-0.15, -0.1) is 0 Å². The van der Waals surface area contributed by atoms with Crippen LogP contribution in [0, 0.1) is 5.92 Å². The Hall–Kier alpha value is -1.56. The predicted octanol–water partition coefficient (Wildman–Crippen LogP) is 4.77. The van der Waals surface area contributed by atoms with E-state index in [4.69, 9.17) is 0 Å². The van der Waals surface area contributed by atoms with Crippen LogP contribution in [0.1, 0.15) is 42.4 Å². The SMILES string of the molecule is CC1CCC1c1cccc2c1Cc1ccccc1-2. The molecule has 0 saturated heterocycles. The molecule has 0 spiro atoms. The molecule has 2 aromatic carbocycles. The summed E-state index contributed by atoms with van der Waals surface area (Å²) in [5.41, 5.74) is 7.69. The monoisotopic (exact) mass is 234 g/mol. The Morgan fingerprint density at radius 1 is 0.889 bits per heavy atom. The quantitative estimate of drug-likeness (QED) is 0.569. The van der Waals surface area contributed by atoms with E-state index in [0.29, 0.717) is 0 Å². The third-order valence-electron chi connectivity index (χ3n) is 4.91. The topological polar surface area (TPSA) is 0 Å². The number of rotatable bonds is 1. The molecule has 2 aliphatic rings. The molecule has 0 heteroatoms. The van der Waals surface area contributed by atoms with Gasteiger partial charge in [0.2, 0.25) is 0 Å². The Kier molecular flexibility index (Phi) is 2.14. The van der Waals surface area contributed by atoms with Crippen LogP contribution < -0.4 is 0 Å². The van der Waals surface area contributed by atoms with Crippen LogP contribution in [0.25, 0.3) is 11.1 Å². The Morgan fingerprint density at radius 3 is 2.50 bits per heavy atom. The zero-order valence-electron chi connectivity index (χ0n) is 10.8. The number of hydrogen-bond acceptors (Lipinski definition) is 0. The summed E-state index contributed by atoms with van der Waals surface area (Å²) in [6.45, 7) is 2.40. The third-order valence-corrected chi connectivity index (χ3v) is 4.91. The van der Waals surface area contributed by atoms with E-state index in [-0.39, 0.29) is 0 Å². The molecule has 0 nitrogen and oxygen atoms in total. The Bertz CT molecular complexity index is 609. The molecular formula is C18H18. The van der Waals surface area contributed by atoms with E-state index in [9.17, 15) is 0 Å². The van der Waals surface area contributed by atoms with Crippen molar-refractivity contribution in [3.05, 3.63) is 59.2 Å². The number of hydrogen-bond donors (Lipinski definition) is 0. The van der Waals surface area contributed by atoms with Gasteiger partial charge < -0.3 is 0 Å². The third kappa shape index (κ3) is 1.32. The predicted molar refractivity (Wildman–Crippen MR) is 75.8 cm³/mol. The second-order valence-electron chi connectivity index (χ2n) is 5.87. The van der Waals surface area contributed by atoms with Crippen molar-refractivity contribution in [2.24, 2.45) is 5.92 Å². The maximum atomic E-state index is 2.40. The van der Waals surface area contributed by atoms with Gasteiger partial charge in [-0.3, -0.25) is 0 Å². The molecule has 0 amide bonds. The van der Waals surface area contributed by atoms with Gasteiger partial charge in [-0.25, -0.2) is 0 Å². The first-order valence-corrected chi connectivity index (χ1v) is 7.04. The molecule has 2 atom stereocenters. The summed E-state index contributed by atoms with van der Waals surface area (Å²) in [5.74, 6) is 1.69. The molecule has 0 heterocycles. The highest BCUT2D eigenvalue weighted by Crippen LogP contribution is 2.47. The first-order valence-electron chi connectivity index (χ1n) is 7.04. The fourth-order valence-electron chi connectivity index (χ4n) is 3.66. The summed E-state index contributed by atoms with van der Waals surface area (Å²) in [7, 11) is 0. The molecule has 4 rings (SSSR count). The number of benzene rings is 2. The summed E-state index contributed by atoms with van der Waals surface area (Å²) in [4.78, 5) is 0. The molecule has 2 unspecified atom stereocenters. The van der Waals surface area contributed by atoms with Crippen molar-refractivity contribution in [1.29, 1.82) is 0 Å². The van der Waals surface area contributed by atoms with Gasteiger partial charge in [-0.2, -0.15) is 0 Å². The molecule has 1 saturated carbocycles. The van der Waals surface area contributed by atoms with E-state index in [0.717, 1.165) is 18.3 Å². The summed E-state index contributed by atoms with van der Waals surface area (Å²) < 4.78 is 0. The summed E-state index contributed by atoms with van der Waals surface area (Å²) in [5, 5.41) is 0. The molecule has 90 valence electrons. The van der Waals surface area contributed by atoms with E-state index in [1.807, 2.05) is 0 Å². The normalized spacial score (nSPS) is 24.3. The minimum absolute atomic E-state index is 0.814. The smallest absolute Gasteiger partial charge is 0.00106 e. The van der Waals surface area contributed by atoms with Gasteiger partial charge >= 0.3 is 0 Å². The lowest BCUT2D eigenvalue weighted by atomic mass is 9.69. The molecule has 0 N–H and O–H groups in total. The molecule has 0 aromatic heterocycles. The lowest BCUT2D eigenvalue weighted by molar-refractivity contribution is 0.279. The standard InChI is InChI=1S/C18H18/c1-12-9-10-14(12)16-7-4-8-17-15-6-3-2-5-13(15)11-18(16)17/h2-8,12,14H,9-11H2,1H3. The molecule has 0 bridgehead atoms. The van der Waals surface area contributed by atoms with E-state index in [2.05, 4.69) is 49.4 Å². The zero-order chi connectivity index (χ0) is 12.1. The van der Waals surface area contributed by atoms with Crippen LogP contribution in [-0.4, -0.2) is 0 Å². The highest BCUT2D eigenvalue weighted by molar-refractivity contribution is 5.78. The molecule has 0 aliphatic heterocycles. The first kappa shape index (κ1) is 10.4.